The second-order valence-electron chi connectivity index (χ2n) is 9.48. The molecule has 144 valence electrons. The van der Waals surface area contributed by atoms with Crippen molar-refractivity contribution < 1.29 is 9.90 Å². The summed E-state index contributed by atoms with van der Waals surface area (Å²) in [4.78, 5) is 16.1. The maximum absolute atomic E-state index is 11.8. The molecule has 4 heteroatoms. The van der Waals surface area contributed by atoms with Crippen molar-refractivity contribution in [2.24, 2.45) is 5.41 Å². The average Bonchev–Trinajstić information content (AvgIpc) is 2.56. The third kappa shape index (κ3) is 4.47. The molecule has 2 saturated heterocycles. The molecule has 1 amide bonds. The molecule has 0 saturated carbocycles. The maximum atomic E-state index is 11.8. The standard InChI is InChI=1S/C22H34N2O2/c1-17(25)24-15-20(26)13-22(16-24)9-11-23(12-10-22)14-18-5-7-19(8-6-18)21(2,3)4/h5-8,20,26H,9-16H2,1-4H3. The molecule has 1 spiro atoms. The molecule has 1 atom stereocenters. The molecule has 26 heavy (non-hydrogen) atoms. The number of β-amino-alcohol motifs (C(OH)–C–C–N with tert-alkyl or cyclic N) is 1. The Labute approximate surface area is 158 Å². The molecule has 2 aliphatic rings. The minimum Gasteiger partial charge on any atom is -0.391 e. The van der Waals surface area contributed by atoms with E-state index >= 15 is 0 Å². The summed E-state index contributed by atoms with van der Waals surface area (Å²) in [5.74, 6) is 0.0875. The number of likely N-dealkylation sites (tertiary alicyclic amines) is 2. The van der Waals surface area contributed by atoms with Gasteiger partial charge in [-0.05, 0) is 54.3 Å². The van der Waals surface area contributed by atoms with E-state index in [1.807, 2.05) is 4.90 Å². The van der Waals surface area contributed by atoms with Crippen molar-refractivity contribution in [1.82, 2.24) is 9.80 Å². The first-order valence-corrected chi connectivity index (χ1v) is 9.92. The number of hydrogen-bond acceptors (Lipinski definition) is 3. The van der Waals surface area contributed by atoms with Gasteiger partial charge in [0.15, 0.2) is 0 Å². The van der Waals surface area contributed by atoms with E-state index in [9.17, 15) is 9.90 Å². The van der Waals surface area contributed by atoms with E-state index < -0.39 is 0 Å². The van der Waals surface area contributed by atoms with Crippen LogP contribution in [0.1, 0.15) is 58.1 Å². The number of aliphatic hydroxyl groups is 1. The molecule has 0 aromatic heterocycles. The predicted octanol–water partition coefficient (Wildman–Crippen LogP) is 3.18. The number of carbonyl (C=O) groups excluding carboxylic acids is 1. The van der Waals surface area contributed by atoms with Crippen LogP contribution in [0.25, 0.3) is 0 Å². The third-order valence-electron chi connectivity index (χ3n) is 6.21. The van der Waals surface area contributed by atoms with Crippen molar-refractivity contribution in [3.63, 3.8) is 0 Å². The number of piperidine rings is 2. The van der Waals surface area contributed by atoms with Crippen molar-refractivity contribution in [2.75, 3.05) is 26.2 Å². The van der Waals surface area contributed by atoms with Gasteiger partial charge in [-0.15, -0.1) is 0 Å². The Morgan fingerprint density at radius 1 is 1.19 bits per heavy atom. The zero-order chi connectivity index (χ0) is 18.9. The Hall–Kier alpha value is -1.39. The lowest BCUT2D eigenvalue weighted by Crippen LogP contribution is -2.54. The molecule has 1 aromatic rings. The Morgan fingerprint density at radius 2 is 1.81 bits per heavy atom. The first-order valence-electron chi connectivity index (χ1n) is 9.92. The molecule has 0 aliphatic carbocycles. The van der Waals surface area contributed by atoms with Crippen LogP contribution in [-0.2, 0) is 16.8 Å². The Morgan fingerprint density at radius 3 is 2.35 bits per heavy atom. The zero-order valence-electron chi connectivity index (χ0n) is 16.8. The van der Waals surface area contributed by atoms with Crippen molar-refractivity contribution >= 4 is 5.91 Å². The molecule has 1 N–H and O–H groups in total. The fourth-order valence-electron chi connectivity index (χ4n) is 4.51. The van der Waals surface area contributed by atoms with Crippen LogP contribution >= 0.6 is 0 Å². The summed E-state index contributed by atoms with van der Waals surface area (Å²) in [5, 5.41) is 10.2. The van der Waals surface area contributed by atoms with Crippen LogP contribution in [0.4, 0.5) is 0 Å². The number of aliphatic hydroxyl groups excluding tert-OH is 1. The summed E-state index contributed by atoms with van der Waals surface area (Å²) in [5.41, 5.74) is 3.04. The van der Waals surface area contributed by atoms with E-state index in [1.165, 1.54) is 11.1 Å². The molecular formula is C22H34N2O2. The zero-order valence-corrected chi connectivity index (χ0v) is 16.8. The second kappa shape index (κ2) is 7.32. The van der Waals surface area contributed by atoms with Crippen molar-refractivity contribution in [2.45, 2.75) is 65.0 Å². The SMILES string of the molecule is CC(=O)N1CC(O)CC2(CCN(Cc3ccc(C(C)(C)C)cc3)CC2)C1. The summed E-state index contributed by atoms with van der Waals surface area (Å²) in [7, 11) is 0. The van der Waals surface area contributed by atoms with Crippen LogP contribution in [0.2, 0.25) is 0 Å². The van der Waals surface area contributed by atoms with Crippen molar-refractivity contribution in [3.05, 3.63) is 35.4 Å². The molecule has 1 unspecified atom stereocenters. The van der Waals surface area contributed by atoms with Gasteiger partial charge in [-0.2, -0.15) is 0 Å². The molecule has 2 aliphatic heterocycles. The van der Waals surface area contributed by atoms with Gasteiger partial charge in [0, 0.05) is 26.6 Å². The number of rotatable bonds is 2. The van der Waals surface area contributed by atoms with Gasteiger partial charge in [-0.25, -0.2) is 0 Å². The number of amides is 1. The number of benzene rings is 1. The molecule has 0 bridgehead atoms. The number of carbonyl (C=O) groups is 1. The first kappa shape index (κ1) is 19.4. The van der Waals surface area contributed by atoms with E-state index in [2.05, 4.69) is 49.9 Å². The molecular weight excluding hydrogens is 324 g/mol. The van der Waals surface area contributed by atoms with E-state index in [4.69, 9.17) is 0 Å². The largest absolute Gasteiger partial charge is 0.391 e. The monoisotopic (exact) mass is 358 g/mol. The van der Waals surface area contributed by atoms with Crippen LogP contribution in [0.3, 0.4) is 0 Å². The molecule has 3 rings (SSSR count). The summed E-state index contributed by atoms with van der Waals surface area (Å²) in [6.45, 7) is 12.7. The van der Waals surface area contributed by atoms with E-state index in [0.717, 1.165) is 45.4 Å². The van der Waals surface area contributed by atoms with Crippen LogP contribution in [0, 0.1) is 5.41 Å². The highest BCUT2D eigenvalue weighted by Crippen LogP contribution is 2.40. The smallest absolute Gasteiger partial charge is 0.219 e. The summed E-state index contributed by atoms with van der Waals surface area (Å²) < 4.78 is 0. The third-order valence-corrected chi connectivity index (χ3v) is 6.21. The van der Waals surface area contributed by atoms with E-state index in [0.29, 0.717) is 6.54 Å². The Bertz CT molecular complexity index is 625. The van der Waals surface area contributed by atoms with Gasteiger partial charge in [0.2, 0.25) is 5.91 Å². The quantitative estimate of drug-likeness (QED) is 0.883. The minimum atomic E-state index is -0.371. The lowest BCUT2D eigenvalue weighted by atomic mass is 9.71. The van der Waals surface area contributed by atoms with Gasteiger partial charge in [0.1, 0.15) is 0 Å². The normalized spacial score (nSPS) is 24.0. The summed E-state index contributed by atoms with van der Waals surface area (Å²) in [6.07, 6.45) is 2.59. The van der Waals surface area contributed by atoms with Gasteiger partial charge in [0.25, 0.3) is 0 Å². The van der Waals surface area contributed by atoms with Crippen LogP contribution < -0.4 is 0 Å². The summed E-state index contributed by atoms with van der Waals surface area (Å²) in [6, 6.07) is 9.02. The van der Waals surface area contributed by atoms with Gasteiger partial charge >= 0.3 is 0 Å². The Balaban J connectivity index is 1.57. The van der Waals surface area contributed by atoms with Crippen LogP contribution in [0.15, 0.2) is 24.3 Å². The molecule has 0 radical (unpaired) electrons. The molecule has 2 fully saturated rings. The topological polar surface area (TPSA) is 43.8 Å². The van der Waals surface area contributed by atoms with Gasteiger partial charge in [-0.1, -0.05) is 45.0 Å². The number of hydrogen-bond donors (Lipinski definition) is 1. The predicted molar refractivity (Wildman–Crippen MR) is 105 cm³/mol. The molecule has 2 heterocycles. The van der Waals surface area contributed by atoms with Crippen LogP contribution in [-0.4, -0.2) is 53.1 Å². The maximum Gasteiger partial charge on any atom is 0.219 e. The van der Waals surface area contributed by atoms with E-state index in [1.54, 1.807) is 6.92 Å². The van der Waals surface area contributed by atoms with Gasteiger partial charge in [-0.3, -0.25) is 9.69 Å². The lowest BCUT2D eigenvalue weighted by Gasteiger charge is -2.49. The highest BCUT2D eigenvalue weighted by molar-refractivity contribution is 5.73. The second-order valence-corrected chi connectivity index (χ2v) is 9.48. The first-order chi connectivity index (χ1) is 12.2. The van der Waals surface area contributed by atoms with Crippen LogP contribution in [0.5, 0.6) is 0 Å². The highest BCUT2D eigenvalue weighted by atomic mass is 16.3. The lowest BCUT2D eigenvalue weighted by molar-refractivity contribution is -0.138. The summed E-state index contributed by atoms with van der Waals surface area (Å²) >= 11 is 0. The molecule has 1 aromatic carbocycles. The fourth-order valence-corrected chi connectivity index (χ4v) is 4.51. The fraction of sp³-hybridized carbons (Fsp3) is 0.682. The highest BCUT2D eigenvalue weighted by Gasteiger charge is 2.42. The Kier molecular flexibility index (Phi) is 5.45. The average molecular weight is 359 g/mol. The number of nitrogens with zero attached hydrogens (tertiary/aromatic N) is 2. The minimum absolute atomic E-state index is 0.0875. The molecule has 4 nitrogen and oxygen atoms in total. The van der Waals surface area contributed by atoms with Crippen molar-refractivity contribution in [1.29, 1.82) is 0 Å². The van der Waals surface area contributed by atoms with Crippen molar-refractivity contribution in [3.8, 4) is 0 Å². The van der Waals surface area contributed by atoms with Gasteiger partial charge in [0.05, 0.1) is 6.10 Å². The van der Waals surface area contributed by atoms with E-state index in [-0.39, 0.29) is 22.8 Å². The van der Waals surface area contributed by atoms with Gasteiger partial charge < -0.3 is 10.0 Å².